The number of aliphatic carboxylic acids is 1. The Labute approximate surface area is 91.2 Å². The van der Waals surface area contributed by atoms with E-state index in [0.717, 1.165) is 13.1 Å². The summed E-state index contributed by atoms with van der Waals surface area (Å²) in [6.07, 6.45) is 2.45. The largest absolute Gasteiger partial charge is 0.478 e. The van der Waals surface area contributed by atoms with Crippen LogP contribution >= 0.6 is 0 Å². The first-order chi connectivity index (χ1) is 7.00. The molecule has 0 spiro atoms. The van der Waals surface area contributed by atoms with E-state index in [9.17, 15) is 4.79 Å². The molecule has 0 aromatic rings. The van der Waals surface area contributed by atoms with Crippen molar-refractivity contribution < 1.29 is 9.90 Å². The number of carboxylic acids is 1. The number of carbonyl (C=O) groups is 1. The zero-order valence-corrected chi connectivity index (χ0v) is 9.57. The van der Waals surface area contributed by atoms with Crippen LogP contribution < -0.4 is 0 Å². The van der Waals surface area contributed by atoms with E-state index in [0.29, 0.717) is 12.6 Å². The lowest BCUT2D eigenvalue weighted by atomic mass is 10.2. The van der Waals surface area contributed by atoms with Crippen LogP contribution in [0.3, 0.4) is 0 Å². The Hall–Kier alpha value is -0.870. The maximum Gasteiger partial charge on any atom is 0.332 e. The Morgan fingerprint density at radius 1 is 1.67 bits per heavy atom. The second kappa shape index (κ2) is 5.28. The third-order valence-electron chi connectivity index (χ3n) is 2.96. The van der Waals surface area contributed by atoms with Crippen LogP contribution in [0.25, 0.3) is 0 Å². The van der Waals surface area contributed by atoms with Crippen LogP contribution in [0, 0.1) is 0 Å². The fraction of sp³-hybridized carbons (Fsp3) is 0.727. The van der Waals surface area contributed by atoms with Gasteiger partial charge in [-0.05, 0) is 33.5 Å². The van der Waals surface area contributed by atoms with E-state index < -0.39 is 5.97 Å². The van der Waals surface area contributed by atoms with Crippen LogP contribution in [0.15, 0.2) is 12.2 Å². The summed E-state index contributed by atoms with van der Waals surface area (Å²) in [6.45, 7) is 6.05. The molecule has 15 heavy (non-hydrogen) atoms. The highest BCUT2D eigenvalue weighted by molar-refractivity contribution is 5.86. The molecule has 1 heterocycles. The second-order valence-corrected chi connectivity index (χ2v) is 4.38. The molecule has 1 atom stereocenters. The highest BCUT2D eigenvalue weighted by Gasteiger charge is 2.22. The number of hydrogen-bond acceptors (Lipinski definition) is 3. The summed E-state index contributed by atoms with van der Waals surface area (Å²) in [4.78, 5) is 15.0. The molecular weight excluding hydrogens is 192 g/mol. The topological polar surface area (TPSA) is 43.8 Å². The Kier molecular flexibility index (Phi) is 4.29. The number of hydrogen-bond donors (Lipinski definition) is 1. The Bertz CT molecular complexity index is 253. The Balaban J connectivity index is 2.32. The molecule has 1 aliphatic heterocycles. The fourth-order valence-electron chi connectivity index (χ4n) is 2.03. The summed E-state index contributed by atoms with van der Waals surface area (Å²) in [5, 5.41) is 8.71. The SMILES string of the molecule is C=C(CN(C)CC1CCCN1C)C(=O)O. The van der Waals surface area contributed by atoms with E-state index in [1.807, 2.05) is 11.9 Å². The molecule has 4 nitrogen and oxygen atoms in total. The van der Waals surface area contributed by atoms with Gasteiger partial charge in [-0.2, -0.15) is 0 Å². The van der Waals surface area contributed by atoms with Crippen molar-refractivity contribution >= 4 is 5.97 Å². The highest BCUT2D eigenvalue weighted by Crippen LogP contribution is 2.15. The van der Waals surface area contributed by atoms with Gasteiger partial charge >= 0.3 is 5.97 Å². The molecule has 0 aliphatic carbocycles. The van der Waals surface area contributed by atoms with Crippen LogP contribution in [0.1, 0.15) is 12.8 Å². The lowest BCUT2D eigenvalue weighted by molar-refractivity contribution is -0.132. The van der Waals surface area contributed by atoms with Crippen LogP contribution in [0.4, 0.5) is 0 Å². The number of likely N-dealkylation sites (N-methyl/N-ethyl adjacent to an activating group) is 2. The molecule has 1 unspecified atom stereocenters. The zero-order chi connectivity index (χ0) is 11.4. The van der Waals surface area contributed by atoms with Gasteiger partial charge in [-0.1, -0.05) is 6.58 Å². The van der Waals surface area contributed by atoms with Gasteiger partial charge in [0, 0.05) is 24.7 Å². The minimum atomic E-state index is -0.901. The van der Waals surface area contributed by atoms with Gasteiger partial charge in [-0.25, -0.2) is 4.79 Å². The molecule has 0 aromatic heterocycles. The van der Waals surface area contributed by atoms with E-state index in [1.165, 1.54) is 12.8 Å². The maximum absolute atomic E-state index is 10.6. The van der Waals surface area contributed by atoms with E-state index in [4.69, 9.17) is 5.11 Å². The van der Waals surface area contributed by atoms with Gasteiger partial charge in [-0.15, -0.1) is 0 Å². The third kappa shape index (κ3) is 3.64. The van der Waals surface area contributed by atoms with Crippen LogP contribution in [-0.2, 0) is 4.79 Å². The predicted molar refractivity (Wildman–Crippen MR) is 59.9 cm³/mol. The third-order valence-corrected chi connectivity index (χ3v) is 2.96. The summed E-state index contributed by atoms with van der Waals surface area (Å²) in [5.41, 5.74) is 0.262. The Morgan fingerprint density at radius 2 is 2.33 bits per heavy atom. The molecule has 4 heteroatoms. The summed E-state index contributed by atoms with van der Waals surface area (Å²) in [5.74, 6) is -0.901. The predicted octanol–water partition coefficient (Wildman–Crippen LogP) is 0.653. The lowest BCUT2D eigenvalue weighted by Crippen LogP contribution is -2.37. The fourth-order valence-corrected chi connectivity index (χ4v) is 2.03. The van der Waals surface area contributed by atoms with Gasteiger partial charge < -0.3 is 14.9 Å². The quantitative estimate of drug-likeness (QED) is 0.680. The maximum atomic E-state index is 10.6. The van der Waals surface area contributed by atoms with Gasteiger partial charge in [0.15, 0.2) is 0 Å². The zero-order valence-electron chi connectivity index (χ0n) is 9.57. The average molecular weight is 212 g/mol. The van der Waals surface area contributed by atoms with Gasteiger partial charge in [0.25, 0.3) is 0 Å². The second-order valence-electron chi connectivity index (χ2n) is 4.38. The average Bonchev–Trinajstić information content (AvgIpc) is 2.51. The van der Waals surface area contributed by atoms with E-state index >= 15 is 0 Å². The van der Waals surface area contributed by atoms with E-state index in [2.05, 4.69) is 18.5 Å². The highest BCUT2D eigenvalue weighted by atomic mass is 16.4. The molecule has 1 rings (SSSR count). The molecular formula is C11H20N2O2. The Morgan fingerprint density at radius 3 is 2.80 bits per heavy atom. The summed E-state index contributed by atoms with van der Waals surface area (Å²) in [6, 6.07) is 0.566. The molecule has 0 saturated carbocycles. The van der Waals surface area contributed by atoms with Crippen LogP contribution in [0.2, 0.25) is 0 Å². The van der Waals surface area contributed by atoms with Gasteiger partial charge in [0.2, 0.25) is 0 Å². The number of likely N-dealkylation sites (tertiary alicyclic amines) is 1. The number of nitrogens with zero attached hydrogens (tertiary/aromatic N) is 2. The normalized spacial score (nSPS) is 22.2. The van der Waals surface area contributed by atoms with Crippen molar-refractivity contribution in [2.75, 3.05) is 33.7 Å². The van der Waals surface area contributed by atoms with E-state index in [1.54, 1.807) is 0 Å². The molecule has 1 N–H and O–H groups in total. The van der Waals surface area contributed by atoms with Crippen molar-refractivity contribution in [2.45, 2.75) is 18.9 Å². The summed E-state index contributed by atoms with van der Waals surface area (Å²) in [7, 11) is 4.07. The minimum absolute atomic E-state index is 0.262. The first-order valence-corrected chi connectivity index (χ1v) is 5.30. The van der Waals surface area contributed by atoms with Crippen molar-refractivity contribution in [1.82, 2.24) is 9.80 Å². The molecule has 0 aromatic carbocycles. The van der Waals surface area contributed by atoms with Gasteiger partial charge in [0.05, 0.1) is 0 Å². The minimum Gasteiger partial charge on any atom is -0.478 e. The molecule has 86 valence electrons. The molecule has 1 aliphatic rings. The number of carboxylic acid groups (broad SMARTS) is 1. The molecule has 0 bridgehead atoms. The van der Waals surface area contributed by atoms with Crippen molar-refractivity contribution in [1.29, 1.82) is 0 Å². The van der Waals surface area contributed by atoms with Crippen molar-refractivity contribution in [3.8, 4) is 0 Å². The summed E-state index contributed by atoms with van der Waals surface area (Å²) < 4.78 is 0. The first kappa shape index (κ1) is 12.2. The lowest BCUT2D eigenvalue weighted by Gasteiger charge is -2.25. The van der Waals surface area contributed by atoms with Crippen molar-refractivity contribution in [3.05, 3.63) is 12.2 Å². The van der Waals surface area contributed by atoms with Crippen molar-refractivity contribution in [3.63, 3.8) is 0 Å². The molecule has 1 saturated heterocycles. The van der Waals surface area contributed by atoms with Crippen LogP contribution in [0.5, 0.6) is 0 Å². The molecule has 0 radical (unpaired) electrons. The van der Waals surface area contributed by atoms with Gasteiger partial charge in [-0.3, -0.25) is 0 Å². The molecule has 1 fully saturated rings. The molecule has 0 amide bonds. The standard InChI is InChI=1S/C11H20N2O2/c1-9(11(14)15)7-12(2)8-10-5-4-6-13(10)3/h10H,1,4-8H2,2-3H3,(H,14,15). The van der Waals surface area contributed by atoms with Crippen LogP contribution in [-0.4, -0.2) is 60.6 Å². The smallest absolute Gasteiger partial charge is 0.332 e. The first-order valence-electron chi connectivity index (χ1n) is 5.30. The summed E-state index contributed by atoms with van der Waals surface area (Å²) >= 11 is 0. The van der Waals surface area contributed by atoms with E-state index in [-0.39, 0.29) is 5.57 Å². The van der Waals surface area contributed by atoms with Gasteiger partial charge in [0.1, 0.15) is 0 Å². The van der Waals surface area contributed by atoms with Crippen molar-refractivity contribution in [2.24, 2.45) is 0 Å². The number of rotatable bonds is 5. The monoisotopic (exact) mass is 212 g/mol.